The van der Waals surface area contributed by atoms with Gasteiger partial charge in [-0.25, -0.2) is 4.79 Å². The minimum absolute atomic E-state index is 0.293. The number of rotatable bonds is 5. The molecule has 16 heavy (non-hydrogen) atoms. The van der Waals surface area contributed by atoms with Crippen LogP contribution in [-0.2, 0) is 9.47 Å². The van der Waals surface area contributed by atoms with Gasteiger partial charge in [-0.15, -0.1) is 0 Å². The molecule has 0 aliphatic rings. The SMILES string of the molecule is COCCOC(=O)c1ccc(C(C)C)cc1. The first kappa shape index (κ1) is 12.7. The number of hydrogen-bond donors (Lipinski definition) is 0. The van der Waals surface area contributed by atoms with Crippen LogP contribution in [0.3, 0.4) is 0 Å². The minimum atomic E-state index is -0.299. The first-order valence-electron chi connectivity index (χ1n) is 5.41. The summed E-state index contributed by atoms with van der Waals surface area (Å²) >= 11 is 0. The van der Waals surface area contributed by atoms with Gasteiger partial charge >= 0.3 is 5.97 Å². The van der Waals surface area contributed by atoms with Gasteiger partial charge in [0, 0.05) is 7.11 Å². The Kier molecular flexibility index (Phi) is 4.99. The molecule has 0 N–H and O–H groups in total. The fraction of sp³-hybridized carbons (Fsp3) is 0.462. The Hall–Kier alpha value is -1.35. The van der Waals surface area contributed by atoms with E-state index in [9.17, 15) is 4.79 Å². The average molecular weight is 222 g/mol. The fourth-order valence-electron chi connectivity index (χ4n) is 1.31. The van der Waals surface area contributed by atoms with Crippen molar-refractivity contribution >= 4 is 5.97 Å². The highest BCUT2D eigenvalue weighted by Crippen LogP contribution is 2.15. The second-order valence-corrected chi connectivity index (χ2v) is 3.91. The molecule has 0 aromatic heterocycles. The van der Waals surface area contributed by atoms with Gasteiger partial charge < -0.3 is 9.47 Å². The molecule has 0 amide bonds. The van der Waals surface area contributed by atoms with E-state index >= 15 is 0 Å². The zero-order chi connectivity index (χ0) is 12.0. The molecule has 88 valence electrons. The standard InChI is InChI=1S/C13H18O3/c1-10(2)11-4-6-12(7-5-11)13(14)16-9-8-15-3/h4-7,10H,8-9H2,1-3H3. The number of methoxy groups -OCH3 is 1. The molecular formula is C13H18O3. The van der Waals surface area contributed by atoms with Crippen molar-refractivity contribution in [1.29, 1.82) is 0 Å². The van der Waals surface area contributed by atoms with Crippen LogP contribution in [0.15, 0.2) is 24.3 Å². The Labute approximate surface area is 96.4 Å². The highest BCUT2D eigenvalue weighted by atomic mass is 16.6. The van der Waals surface area contributed by atoms with E-state index in [2.05, 4.69) is 13.8 Å². The second kappa shape index (κ2) is 6.28. The molecule has 1 aromatic carbocycles. The molecule has 3 nitrogen and oxygen atoms in total. The van der Waals surface area contributed by atoms with Crippen LogP contribution >= 0.6 is 0 Å². The zero-order valence-electron chi connectivity index (χ0n) is 10.0. The molecule has 0 unspecified atom stereocenters. The van der Waals surface area contributed by atoms with E-state index < -0.39 is 0 Å². The van der Waals surface area contributed by atoms with E-state index in [0.717, 1.165) is 0 Å². The molecule has 1 rings (SSSR count). The van der Waals surface area contributed by atoms with Crippen molar-refractivity contribution in [3.05, 3.63) is 35.4 Å². The van der Waals surface area contributed by atoms with Crippen LogP contribution in [0.25, 0.3) is 0 Å². The van der Waals surface area contributed by atoms with Crippen LogP contribution in [0.1, 0.15) is 35.7 Å². The Morgan fingerprint density at radius 2 is 1.81 bits per heavy atom. The molecule has 0 saturated carbocycles. The fourth-order valence-corrected chi connectivity index (χ4v) is 1.31. The van der Waals surface area contributed by atoms with Crippen molar-refractivity contribution in [3.63, 3.8) is 0 Å². The zero-order valence-corrected chi connectivity index (χ0v) is 10.0. The van der Waals surface area contributed by atoms with Gasteiger partial charge in [0.25, 0.3) is 0 Å². The number of carbonyl (C=O) groups excluding carboxylic acids is 1. The number of benzene rings is 1. The lowest BCUT2D eigenvalue weighted by molar-refractivity contribution is 0.0388. The third-order valence-corrected chi connectivity index (χ3v) is 2.33. The van der Waals surface area contributed by atoms with Gasteiger partial charge in [-0.2, -0.15) is 0 Å². The monoisotopic (exact) mass is 222 g/mol. The quantitative estimate of drug-likeness (QED) is 0.567. The van der Waals surface area contributed by atoms with Crippen molar-refractivity contribution in [2.45, 2.75) is 19.8 Å². The predicted molar refractivity (Wildman–Crippen MR) is 62.7 cm³/mol. The summed E-state index contributed by atoms with van der Waals surface area (Å²) < 4.78 is 9.81. The van der Waals surface area contributed by atoms with E-state index in [1.54, 1.807) is 19.2 Å². The largest absolute Gasteiger partial charge is 0.460 e. The van der Waals surface area contributed by atoms with Gasteiger partial charge in [0.05, 0.1) is 12.2 Å². The Bertz CT molecular complexity index is 328. The van der Waals surface area contributed by atoms with Gasteiger partial charge in [-0.3, -0.25) is 0 Å². The second-order valence-electron chi connectivity index (χ2n) is 3.91. The Balaban J connectivity index is 2.56. The summed E-state index contributed by atoms with van der Waals surface area (Å²) in [7, 11) is 1.57. The lowest BCUT2D eigenvalue weighted by Gasteiger charge is -2.07. The highest BCUT2D eigenvalue weighted by Gasteiger charge is 2.07. The molecule has 0 fully saturated rings. The van der Waals surface area contributed by atoms with E-state index in [0.29, 0.717) is 24.7 Å². The predicted octanol–water partition coefficient (Wildman–Crippen LogP) is 2.61. The summed E-state index contributed by atoms with van der Waals surface area (Å²) in [4.78, 5) is 11.5. The van der Waals surface area contributed by atoms with Crippen LogP contribution < -0.4 is 0 Å². The first-order valence-corrected chi connectivity index (χ1v) is 5.41. The molecule has 0 saturated heterocycles. The smallest absolute Gasteiger partial charge is 0.338 e. The van der Waals surface area contributed by atoms with Gasteiger partial charge in [-0.05, 0) is 23.6 Å². The van der Waals surface area contributed by atoms with Crippen LogP contribution in [0.2, 0.25) is 0 Å². The van der Waals surface area contributed by atoms with Gasteiger partial charge in [0.15, 0.2) is 0 Å². The van der Waals surface area contributed by atoms with Gasteiger partial charge in [-0.1, -0.05) is 26.0 Å². The van der Waals surface area contributed by atoms with Crippen molar-refractivity contribution in [2.24, 2.45) is 0 Å². The molecule has 3 heteroatoms. The molecule has 0 radical (unpaired) electrons. The number of ether oxygens (including phenoxy) is 2. The van der Waals surface area contributed by atoms with E-state index in [4.69, 9.17) is 9.47 Å². The van der Waals surface area contributed by atoms with Crippen LogP contribution in [-0.4, -0.2) is 26.3 Å². The Morgan fingerprint density at radius 3 is 2.31 bits per heavy atom. The van der Waals surface area contributed by atoms with Crippen molar-refractivity contribution in [1.82, 2.24) is 0 Å². The summed E-state index contributed by atoms with van der Waals surface area (Å²) in [6.07, 6.45) is 0. The highest BCUT2D eigenvalue weighted by molar-refractivity contribution is 5.89. The summed E-state index contributed by atoms with van der Waals surface area (Å²) in [6, 6.07) is 7.50. The normalized spacial score (nSPS) is 10.5. The Morgan fingerprint density at radius 1 is 1.19 bits per heavy atom. The molecule has 0 heterocycles. The minimum Gasteiger partial charge on any atom is -0.460 e. The maximum Gasteiger partial charge on any atom is 0.338 e. The molecule has 0 bridgehead atoms. The van der Waals surface area contributed by atoms with Crippen LogP contribution in [0, 0.1) is 0 Å². The molecular weight excluding hydrogens is 204 g/mol. The maximum absolute atomic E-state index is 11.5. The average Bonchev–Trinajstić information content (AvgIpc) is 2.29. The summed E-state index contributed by atoms with van der Waals surface area (Å²) in [5.74, 6) is 0.172. The van der Waals surface area contributed by atoms with E-state index in [1.165, 1.54) is 5.56 Å². The van der Waals surface area contributed by atoms with Crippen molar-refractivity contribution in [3.8, 4) is 0 Å². The van der Waals surface area contributed by atoms with Crippen molar-refractivity contribution in [2.75, 3.05) is 20.3 Å². The molecule has 0 atom stereocenters. The van der Waals surface area contributed by atoms with Crippen LogP contribution in [0.4, 0.5) is 0 Å². The maximum atomic E-state index is 11.5. The summed E-state index contributed by atoms with van der Waals surface area (Å²) in [5.41, 5.74) is 1.80. The molecule has 1 aromatic rings. The van der Waals surface area contributed by atoms with E-state index in [1.807, 2.05) is 12.1 Å². The number of esters is 1. The topological polar surface area (TPSA) is 35.5 Å². The van der Waals surface area contributed by atoms with Crippen LogP contribution in [0.5, 0.6) is 0 Å². The van der Waals surface area contributed by atoms with E-state index in [-0.39, 0.29) is 5.97 Å². The molecule has 0 aliphatic carbocycles. The molecule has 0 spiro atoms. The van der Waals surface area contributed by atoms with Gasteiger partial charge in [0.1, 0.15) is 6.61 Å². The summed E-state index contributed by atoms with van der Waals surface area (Å²) in [5, 5.41) is 0. The number of hydrogen-bond acceptors (Lipinski definition) is 3. The molecule has 0 aliphatic heterocycles. The lowest BCUT2D eigenvalue weighted by atomic mass is 10.0. The van der Waals surface area contributed by atoms with Gasteiger partial charge in [0.2, 0.25) is 0 Å². The third-order valence-electron chi connectivity index (χ3n) is 2.33. The number of carbonyl (C=O) groups is 1. The summed E-state index contributed by atoms with van der Waals surface area (Å²) in [6.45, 7) is 4.95. The van der Waals surface area contributed by atoms with Crippen molar-refractivity contribution < 1.29 is 14.3 Å². The lowest BCUT2D eigenvalue weighted by Crippen LogP contribution is -2.09. The third kappa shape index (κ3) is 3.66. The first-order chi connectivity index (χ1) is 7.65.